The van der Waals surface area contributed by atoms with Gasteiger partial charge in [-0.05, 0) is 63.7 Å². The molecule has 0 radical (unpaired) electrons. The van der Waals surface area contributed by atoms with E-state index in [1.165, 1.54) is 75.2 Å². The molecule has 1 aromatic rings. The molecule has 0 saturated carbocycles. The van der Waals surface area contributed by atoms with Gasteiger partial charge >= 0.3 is 0 Å². The van der Waals surface area contributed by atoms with Crippen LogP contribution >= 0.6 is 0 Å². The van der Waals surface area contributed by atoms with Crippen molar-refractivity contribution in [1.82, 2.24) is 9.88 Å². The Balaban J connectivity index is 1.80. The van der Waals surface area contributed by atoms with Crippen LogP contribution in [0.25, 0.3) is 0 Å². The van der Waals surface area contributed by atoms with E-state index in [2.05, 4.69) is 35.8 Å². The van der Waals surface area contributed by atoms with Crippen molar-refractivity contribution in [1.29, 1.82) is 0 Å². The van der Waals surface area contributed by atoms with Crippen molar-refractivity contribution < 1.29 is 0 Å². The van der Waals surface area contributed by atoms with Gasteiger partial charge in [-0.25, -0.2) is 4.98 Å². The minimum Gasteiger partial charge on any atom is -0.357 e. The molecule has 0 N–H and O–H groups in total. The number of likely N-dealkylation sites (tertiary alicyclic amines) is 1. The first-order chi connectivity index (χ1) is 10.3. The molecule has 21 heavy (non-hydrogen) atoms. The summed E-state index contributed by atoms with van der Waals surface area (Å²) in [6.07, 6.45) is 8.00. The van der Waals surface area contributed by atoms with Crippen molar-refractivity contribution in [2.24, 2.45) is 0 Å². The van der Waals surface area contributed by atoms with Crippen LogP contribution in [-0.2, 0) is 0 Å². The first-order valence-corrected chi connectivity index (χ1v) is 8.76. The fourth-order valence-electron chi connectivity index (χ4n) is 3.93. The Kier molecular flexibility index (Phi) is 4.79. The molecular weight excluding hydrogens is 258 g/mol. The number of aryl methyl sites for hydroxylation is 1. The highest BCUT2D eigenvalue weighted by molar-refractivity contribution is 5.42. The highest BCUT2D eigenvalue weighted by atomic mass is 15.2. The van der Waals surface area contributed by atoms with Crippen LogP contribution < -0.4 is 4.90 Å². The van der Waals surface area contributed by atoms with Gasteiger partial charge in [0.15, 0.2) is 0 Å². The topological polar surface area (TPSA) is 19.4 Å². The lowest BCUT2D eigenvalue weighted by atomic mass is 9.94. The molecule has 0 amide bonds. The minimum atomic E-state index is 0.589. The van der Waals surface area contributed by atoms with Gasteiger partial charge in [0.05, 0.1) is 0 Å². The van der Waals surface area contributed by atoms with Crippen molar-refractivity contribution in [3.63, 3.8) is 0 Å². The second-order valence-electron chi connectivity index (χ2n) is 6.53. The van der Waals surface area contributed by atoms with Crippen molar-refractivity contribution in [3.05, 3.63) is 23.4 Å². The third kappa shape index (κ3) is 3.23. The molecule has 1 unspecified atom stereocenters. The Morgan fingerprint density at radius 1 is 1.05 bits per heavy atom. The summed E-state index contributed by atoms with van der Waals surface area (Å²) in [5.41, 5.74) is 2.70. The standard InChI is InChI=1S/C18H29N3/c1-3-20-12-8-5-9-17(20)16-10-11-18(19-15(16)2)21-13-6-4-7-14-21/h10-11,17H,3-9,12-14H2,1-2H3. The maximum absolute atomic E-state index is 4.94. The van der Waals surface area contributed by atoms with Crippen molar-refractivity contribution >= 4 is 5.82 Å². The lowest BCUT2D eigenvalue weighted by molar-refractivity contribution is 0.156. The highest BCUT2D eigenvalue weighted by Crippen LogP contribution is 2.33. The number of hydrogen-bond donors (Lipinski definition) is 0. The molecule has 0 aromatic carbocycles. The highest BCUT2D eigenvalue weighted by Gasteiger charge is 2.24. The van der Waals surface area contributed by atoms with Gasteiger partial charge < -0.3 is 4.90 Å². The van der Waals surface area contributed by atoms with Crippen LogP contribution in [0.5, 0.6) is 0 Å². The summed E-state index contributed by atoms with van der Waals surface area (Å²) in [6, 6.07) is 5.20. The first kappa shape index (κ1) is 14.8. The Hall–Kier alpha value is -1.09. The average Bonchev–Trinajstić information content (AvgIpc) is 2.55. The molecule has 3 rings (SSSR count). The lowest BCUT2D eigenvalue weighted by Gasteiger charge is -2.36. The molecule has 0 aliphatic carbocycles. The summed E-state index contributed by atoms with van der Waals surface area (Å²) in [5.74, 6) is 1.19. The Bertz CT molecular complexity index is 466. The van der Waals surface area contributed by atoms with E-state index in [4.69, 9.17) is 4.98 Å². The number of hydrogen-bond acceptors (Lipinski definition) is 3. The van der Waals surface area contributed by atoms with E-state index in [1.807, 2.05) is 0 Å². The number of pyridine rings is 1. The fourth-order valence-corrected chi connectivity index (χ4v) is 3.93. The van der Waals surface area contributed by atoms with Crippen LogP contribution in [-0.4, -0.2) is 36.1 Å². The van der Waals surface area contributed by atoms with E-state index in [1.54, 1.807) is 0 Å². The van der Waals surface area contributed by atoms with Crippen LogP contribution in [0.3, 0.4) is 0 Å². The largest absolute Gasteiger partial charge is 0.357 e. The van der Waals surface area contributed by atoms with Crippen molar-refractivity contribution in [3.8, 4) is 0 Å². The third-order valence-electron chi connectivity index (χ3n) is 5.17. The number of rotatable bonds is 3. The lowest BCUT2D eigenvalue weighted by Crippen LogP contribution is -2.34. The minimum absolute atomic E-state index is 0.589. The first-order valence-electron chi connectivity index (χ1n) is 8.76. The van der Waals surface area contributed by atoms with Crippen LogP contribution in [0, 0.1) is 6.92 Å². The van der Waals surface area contributed by atoms with Gasteiger partial charge in [-0.15, -0.1) is 0 Å². The second kappa shape index (κ2) is 6.78. The Labute approximate surface area is 129 Å². The maximum atomic E-state index is 4.94. The maximum Gasteiger partial charge on any atom is 0.128 e. The normalized spacial score (nSPS) is 24.3. The Morgan fingerprint density at radius 3 is 2.52 bits per heavy atom. The van der Waals surface area contributed by atoms with Crippen molar-refractivity contribution in [2.75, 3.05) is 31.1 Å². The molecule has 3 heteroatoms. The number of aromatic nitrogens is 1. The molecule has 2 fully saturated rings. The molecule has 3 heterocycles. The Morgan fingerprint density at radius 2 is 1.81 bits per heavy atom. The summed E-state index contributed by atoms with van der Waals surface area (Å²) in [4.78, 5) is 10.0. The van der Waals surface area contributed by atoms with Crippen LogP contribution in [0.2, 0.25) is 0 Å². The summed E-state index contributed by atoms with van der Waals surface area (Å²) >= 11 is 0. The quantitative estimate of drug-likeness (QED) is 0.840. The summed E-state index contributed by atoms with van der Waals surface area (Å²) < 4.78 is 0. The number of nitrogens with zero attached hydrogens (tertiary/aromatic N) is 3. The van der Waals surface area contributed by atoms with Gasteiger partial charge in [0, 0.05) is 24.8 Å². The smallest absolute Gasteiger partial charge is 0.128 e. The zero-order valence-electron chi connectivity index (χ0n) is 13.6. The average molecular weight is 287 g/mol. The molecule has 2 saturated heterocycles. The predicted octanol–water partition coefficient (Wildman–Crippen LogP) is 3.93. The summed E-state index contributed by atoms with van der Waals surface area (Å²) in [6.45, 7) is 9.23. The summed E-state index contributed by atoms with van der Waals surface area (Å²) in [5, 5.41) is 0. The molecule has 0 bridgehead atoms. The van der Waals surface area contributed by atoms with E-state index in [9.17, 15) is 0 Å². The molecular formula is C18H29N3. The molecule has 116 valence electrons. The van der Waals surface area contributed by atoms with Crippen LogP contribution in [0.15, 0.2) is 12.1 Å². The SMILES string of the molecule is CCN1CCCCC1c1ccc(N2CCCCC2)nc1C. The van der Waals surface area contributed by atoms with Gasteiger partial charge in [0.2, 0.25) is 0 Å². The molecule has 1 aromatic heterocycles. The number of anilines is 1. The molecule has 1 atom stereocenters. The molecule has 2 aliphatic heterocycles. The van der Waals surface area contributed by atoms with E-state index >= 15 is 0 Å². The van der Waals surface area contributed by atoms with E-state index in [0.29, 0.717) is 6.04 Å². The molecule has 0 spiro atoms. The van der Waals surface area contributed by atoms with Gasteiger partial charge in [0.1, 0.15) is 5.82 Å². The van der Waals surface area contributed by atoms with Gasteiger partial charge in [-0.2, -0.15) is 0 Å². The van der Waals surface area contributed by atoms with Crippen LogP contribution in [0.4, 0.5) is 5.82 Å². The van der Waals surface area contributed by atoms with E-state index in [-0.39, 0.29) is 0 Å². The monoisotopic (exact) mass is 287 g/mol. The van der Waals surface area contributed by atoms with Crippen molar-refractivity contribution in [2.45, 2.75) is 58.4 Å². The third-order valence-corrected chi connectivity index (χ3v) is 5.17. The zero-order chi connectivity index (χ0) is 14.7. The van der Waals surface area contributed by atoms with Gasteiger partial charge in [0.25, 0.3) is 0 Å². The summed E-state index contributed by atoms with van der Waals surface area (Å²) in [7, 11) is 0. The number of piperidine rings is 2. The van der Waals surface area contributed by atoms with Gasteiger partial charge in [-0.3, -0.25) is 4.90 Å². The van der Waals surface area contributed by atoms with Gasteiger partial charge in [-0.1, -0.05) is 19.4 Å². The molecule has 2 aliphatic rings. The van der Waals surface area contributed by atoms with Crippen LogP contribution in [0.1, 0.15) is 62.7 Å². The fraction of sp³-hybridized carbons (Fsp3) is 0.722. The van der Waals surface area contributed by atoms with E-state index < -0.39 is 0 Å². The second-order valence-corrected chi connectivity index (χ2v) is 6.53. The zero-order valence-corrected chi connectivity index (χ0v) is 13.6. The molecule has 3 nitrogen and oxygen atoms in total. The van der Waals surface area contributed by atoms with E-state index in [0.717, 1.165) is 6.54 Å². The predicted molar refractivity (Wildman–Crippen MR) is 88.9 cm³/mol.